The lowest BCUT2D eigenvalue weighted by molar-refractivity contribution is 0.0946. The number of rotatable bonds is 4. The van der Waals surface area contributed by atoms with Gasteiger partial charge in [-0.1, -0.05) is 30.3 Å². The van der Waals surface area contributed by atoms with Crippen LogP contribution in [0.1, 0.15) is 9.67 Å². The summed E-state index contributed by atoms with van der Waals surface area (Å²) in [6.45, 7) is 2.74. The predicted octanol–water partition coefficient (Wildman–Crippen LogP) is 1.76. The van der Waals surface area contributed by atoms with Gasteiger partial charge in [-0.2, -0.15) is 0 Å². The summed E-state index contributed by atoms with van der Waals surface area (Å²) in [6, 6.07) is 9.92. The summed E-state index contributed by atoms with van der Waals surface area (Å²) in [6.07, 6.45) is 1.65. The van der Waals surface area contributed by atoms with E-state index in [4.69, 9.17) is 0 Å². The number of benzene rings is 1. The van der Waals surface area contributed by atoms with Crippen molar-refractivity contribution in [2.75, 3.05) is 19.6 Å². The minimum Gasteiger partial charge on any atom is -0.351 e. The Hall–Kier alpha value is -1.72. The number of thiazole rings is 1. The summed E-state index contributed by atoms with van der Waals surface area (Å²) < 4.78 is 0. The zero-order valence-electron chi connectivity index (χ0n) is 10.4. The summed E-state index contributed by atoms with van der Waals surface area (Å²) in [4.78, 5) is 17.0. The standard InChI is InChI=1S/C14H15N3OS/c18-13(16-8-10-6-15-7-10)12-9-17-14(19-12)11-4-2-1-3-5-11/h1-5,9-10,15H,6-8H2,(H,16,18). The molecule has 0 atom stereocenters. The van der Waals surface area contributed by atoms with Gasteiger partial charge in [0, 0.05) is 31.1 Å². The van der Waals surface area contributed by atoms with E-state index in [1.807, 2.05) is 30.3 Å². The van der Waals surface area contributed by atoms with Crippen molar-refractivity contribution in [3.05, 3.63) is 41.4 Å². The number of carbonyl (C=O) groups is 1. The van der Waals surface area contributed by atoms with Gasteiger partial charge in [0.2, 0.25) is 0 Å². The van der Waals surface area contributed by atoms with E-state index < -0.39 is 0 Å². The van der Waals surface area contributed by atoms with Crippen molar-refractivity contribution in [2.45, 2.75) is 0 Å². The van der Waals surface area contributed by atoms with Gasteiger partial charge in [-0.25, -0.2) is 4.98 Å². The maximum atomic E-state index is 12.0. The van der Waals surface area contributed by atoms with Crippen molar-refractivity contribution in [3.63, 3.8) is 0 Å². The highest BCUT2D eigenvalue weighted by atomic mass is 32.1. The Labute approximate surface area is 115 Å². The van der Waals surface area contributed by atoms with E-state index in [-0.39, 0.29) is 5.91 Å². The number of carbonyl (C=O) groups excluding carboxylic acids is 1. The first-order valence-corrected chi connectivity index (χ1v) is 7.15. The molecule has 0 aliphatic carbocycles. The quantitative estimate of drug-likeness (QED) is 0.892. The molecule has 2 aromatic rings. The van der Waals surface area contributed by atoms with Crippen LogP contribution in [0.2, 0.25) is 0 Å². The van der Waals surface area contributed by atoms with Crippen molar-refractivity contribution in [2.24, 2.45) is 5.92 Å². The van der Waals surface area contributed by atoms with Crippen LogP contribution in [0, 0.1) is 5.92 Å². The van der Waals surface area contributed by atoms with E-state index in [2.05, 4.69) is 15.6 Å². The lowest BCUT2D eigenvalue weighted by Gasteiger charge is -2.26. The van der Waals surface area contributed by atoms with Gasteiger partial charge in [-0.05, 0) is 0 Å². The van der Waals surface area contributed by atoms with Crippen molar-refractivity contribution in [1.29, 1.82) is 0 Å². The predicted molar refractivity (Wildman–Crippen MR) is 76.2 cm³/mol. The van der Waals surface area contributed by atoms with E-state index >= 15 is 0 Å². The molecular formula is C14H15N3OS. The molecule has 19 heavy (non-hydrogen) atoms. The second-order valence-electron chi connectivity index (χ2n) is 4.63. The molecule has 1 aliphatic heterocycles. The summed E-state index contributed by atoms with van der Waals surface area (Å²) >= 11 is 1.43. The van der Waals surface area contributed by atoms with Gasteiger partial charge in [0.15, 0.2) is 0 Å². The average molecular weight is 273 g/mol. The Kier molecular flexibility index (Phi) is 3.57. The zero-order valence-corrected chi connectivity index (χ0v) is 11.2. The van der Waals surface area contributed by atoms with Crippen LogP contribution in [0.5, 0.6) is 0 Å². The first-order valence-electron chi connectivity index (χ1n) is 6.33. The van der Waals surface area contributed by atoms with Gasteiger partial charge in [0.1, 0.15) is 9.88 Å². The highest BCUT2D eigenvalue weighted by Gasteiger charge is 2.18. The molecule has 98 valence electrons. The van der Waals surface area contributed by atoms with Crippen molar-refractivity contribution in [1.82, 2.24) is 15.6 Å². The molecule has 1 aromatic heterocycles. The smallest absolute Gasteiger partial charge is 0.263 e. The number of nitrogens with one attached hydrogen (secondary N) is 2. The summed E-state index contributed by atoms with van der Waals surface area (Å²) in [5, 5.41) is 7.03. The minimum absolute atomic E-state index is 0.0217. The molecule has 4 nitrogen and oxygen atoms in total. The maximum absolute atomic E-state index is 12.0. The molecule has 5 heteroatoms. The normalized spacial score (nSPS) is 14.9. The Morgan fingerprint density at radius 2 is 2.16 bits per heavy atom. The van der Waals surface area contributed by atoms with Crippen LogP contribution in [0.3, 0.4) is 0 Å². The van der Waals surface area contributed by atoms with Crippen LogP contribution in [0.4, 0.5) is 0 Å². The van der Waals surface area contributed by atoms with E-state index in [1.165, 1.54) is 11.3 Å². The molecular weight excluding hydrogens is 258 g/mol. The van der Waals surface area contributed by atoms with Crippen LogP contribution in [-0.2, 0) is 0 Å². The van der Waals surface area contributed by atoms with Gasteiger partial charge >= 0.3 is 0 Å². The molecule has 1 aliphatic rings. The van der Waals surface area contributed by atoms with Crippen LogP contribution in [-0.4, -0.2) is 30.5 Å². The third kappa shape index (κ3) is 2.83. The molecule has 1 aromatic carbocycles. The zero-order chi connectivity index (χ0) is 13.1. The maximum Gasteiger partial charge on any atom is 0.263 e. The van der Waals surface area contributed by atoms with Crippen molar-refractivity contribution in [3.8, 4) is 10.6 Å². The fourth-order valence-corrected chi connectivity index (χ4v) is 2.75. The van der Waals surface area contributed by atoms with Gasteiger partial charge in [-0.15, -0.1) is 11.3 Å². The molecule has 0 radical (unpaired) electrons. The van der Waals surface area contributed by atoms with Crippen LogP contribution < -0.4 is 10.6 Å². The SMILES string of the molecule is O=C(NCC1CNC1)c1cnc(-c2ccccc2)s1. The first-order chi connectivity index (χ1) is 9.33. The minimum atomic E-state index is -0.0217. The van der Waals surface area contributed by atoms with Gasteiger partial charge < -0.3 is 10.6 Å². The lowest BCUT2D eigenvalue weighted by Crippen LogP contribution is -2.48. The molecule has 0 saturated carbocycles. The first kappa shape index (κ1) is 12.3. The molecule has 2 heterocycles. The monoisotopic (exact) mass is 273 g/mol. The molecule has 0 bridgehead atoms. The largest absolute Gasteiger partial charge is 0.351 e. The number of amides is 1. The fourth-order valence-electron chi connectivity index (χ4n) is 1.91. The van der Waals surface area contributed by atoms with Crippen LogP contribution in [0.15, 0.2) is 36.5 Å². The van der Waals surface area contributed by atoms with Crippen LogP contribution in [0.25, 0.3) is 10.6 Å². The second kappa shape index (κ2) is 5.50. The highest BCUT2D eigenvalue weighted by molar-refractivity contribution is 7.16. The Balaban J connectivity index is 1.65. The molecule has 1 amide bonds. The van der Waals surface area contributed by atoms with Crippen LogP contribution >= 0.6 is 11.3 Å². The molecule has 0 spiro atoms. The summed E-state index contributed by atoms with van der Waals surface area (Å²) in [5.41, 5.74) is 1.05. The molecule has 1 fully saturated rings. The van der Waals surface area contributed by atoms with Gasteiger partial charge in [-0.3, -0.25) is 4.79 Å². The van der Waals surface area contributed by atoms with Gasteiger partial charge in [0.05, 0.1) is 6.20 Å². The van der Waals surface area contributed by atoms with Gasteiger partial charge in [0.25, 0.3) is 5.91 Å². The third-order valence-electron chi connectivity index (χ3n) is 3.17. The summed E-state index contributed by atoms with van der Waals surface area (Å²) in [5.74, 6) is 0.553. The third-order valence-corrected chi connectivity index (χ3v) is 4.21. The molecule has 2 N–H and O–H groups in total. The second-order valence-corrected chi connectivity index (χ2v) is 5.66. The fraction of sp³-hybridized carbons (Fsp3) is 0.286. The van der Waals surface area contributed by atoms with Crippen molar-refractivity contribution < 1.29 is 4.79 Å². The molecule has 3 rings (SSSR count). The highest BCUT2D eigenvalue weighted by Crippen LogP contribution is 2.24. The lowest BCUT2D eigenvalue weighted by atomic mass is 10.0. The van der Waals surface area contributed by atoms with E-state index in [0.29, 0.717) is 10.8 Å². The average Bonchev–Trinajstić information content (AvgIpc) is 2.87. The Bertz CT molecular complexity index is 563. The Morgan fingerprint density at radius 1 is 1.37 bits per heavy atom. The van der Waals surface area contributed by atoms with E-state index in [9.17, 15) is 4.79 Å². The topological polar surface area (TPSA) is 54.0 Å². The van der Waals surface area contributed by atoms with Crippen molar-refractivity contribution >= 4 is 17.2 Å². The van der Waals surface area contributed by atoms with E-state index in [0.717, 1.165) is 30.2 Å². The number of hydrogen-bond donors (Lipinski definition) is 2. The Morgan fingerprint density at radius 3 is 2.84 bits per heavy atom. The molecule has 0 unspecified atom stereocenters. The van der Waals surface area contributed by atoms with E-state index in [1.54, 1.807) is 6.20 Å². The number of nitrogens with zero attached hydrogens (tertiary/aromatic N) is 1. The summed E-state index contributed by atoms with van der Waals surface area (Å²) in [7, 11) is 0. The number of hydrogen-bond acceptors (Lipinski definition) is 4. The number of aromatic nitrogens is 1. The molecule has 1 saturated heterocycles.